The molecule has 0 bridgehead atoms. The lowest BCUT2D eigenvalue weighted by atomic mass is 10.0. The molecule has 0 saturated carbocycles. The maximum Gasteiger partial charge on any atom is 0.321 e. The number of H-pyrrole nitrogens is 1. The number of aromatic amines is 1. The summed E-state index contributed by atoms with van der Waals surface area (Å²) in [4.78, 5) is 37.5. The Bertz CT molecular complexity index is 1470. The van der Waals surface area contributed by atoms with Gasteiger partial charge in [0.2, 0.25) is 5.75 Å². The molecule has 0 radical (unpaired) electrons. The molecule has 4 heterocycles. The molecule has 6 rings (SSSR count). The summed E-state index contributed by atoms with van der Waals surface area (Å²) in [5.41, 5.74) is 3.72. The number of carbonyl (C=O) groups is 1. The fraction of sp³-hybridized carbons (Fsp3) is 0.367. The lowest BCUT2D eigenvalue weighted by Gasteiger charge is -2.38. The van der Waals surface area contributed by atoms with E-state index in [-0.39, 0.29) is 30.4 Å². The van der Waals surface area contributed by atoms with Gasteiger partial charge in [-0.1, -0.05) is 36.1 Å². The van der Waals surface area contributed by atoms with Gasteiger partial charge >= 0.3 is 6.03 Å². The van der Waals surface area contributed by atoms with E-state index < -0.39 is 11.3 Å². The Morgan fingerprint density at radius 3 is 2.27 bits per heavy atom. The molecule has 1 atom stereocenters. The van der Waals surface area contributed by atoms with Crippen molar-refractivity contribution in [1.82, 2.24) is 30.0 Å². The smallest absolute Gasteiger partial charge is 0.321 e. The second-order valence-corrected chi connectivity index (χ2v) is 10.4. The molecule has 1 aromatic heterocycles. The van der Waals surface area contributed by atoms with Crippen LogP contribution in [0.4, 0.5) is 4.79 Å². The van der Waals surface area contributed by atoms with Crippen molar-refractivity contribution in [3.63, 3.8) is 0 Å². The molecule has 3 N–H and O–H groups in total. The van der Waals surface area contributed by atoms with Crippen LogP contribution in [0.1, 0.15) is 34.0 Å². The Morgan fingerprint density at radius 1 is 0.950 bits per heavy atom. The number of nitrogens with zero attached hydrogens (tertiary/aromatic N) is 4. The third-order valence-electron chi connectivity index (χ3n) is 7.73. The number of urea groups is 1. The van der Waals surface area contributed by atoms with Crippen molar-refractivity contribution in [3.05, 3.63) is 93.2 Å². The summed E-state index contributed by atoms with van der Waals surface area (Å²) in [7, 11) is 0. The average molecular weight is 541 g/mol. The van der Waals surface area contributed by atoms with Gasteiger partial charge in [-0.2, -0.15) is 0 Å². The summed E-state index contributed by atoms with van der Waals surface area (Å²) in [6.07, 6.45) is 1.24. The highest BCUT2D eigenvalue weighted by Gasteiger charge is 2.44. The van der Waals surface area contributed by atoms with Gasteiger partial charge in [-0.3, -0.25) is 9.69 Å². The van der Waals surface area contributed by atoms with Gasteiger partial charge < -0.3 is 29.9 Å². The molecule has 3 aliphatic heterocycles. The van der Waals surface area contributed by atoms with Crippen LogP contribution >= 0.6 is 0 Å². The van der Waals surface area contributed by atoms with Gasteiger partial charge in [0.1, 0.15) is 5.69 Å². The lowest BCUT2D eigenvalue weighted by Crippen LogP contribution is -2.58. The number of nitrogens with one attached hydrogen (secondary N) is 2. The second kappa shape index (κ2) is 11.5. The number of hydrogen-bond acceptors (Lipinski definition) is 7. The maximum atomic E-state index is 13.4. The molecule has 0 aliphatic carbocycles. The first-order valence-corrected chi connectivity index (χ1v) is 13.6. The standard InChI is InChI=1S/C30H32N6O4/c37-28-26(32-20-33-29(28)38)18-35-19-27(36(30(35)39)25-15-31-16-25)24-9-7-22(8-10-24)2-1-21-3-5-23(6-4-21)17-34-11-13-40-14-12-34/h3-10,20,25,27,31,37H,11-19H2,(H,32,33,38). The van der Waals surface area contributed by atoms with E-state index in [0.29, 0.717) is 6.54 Å². The predicted molar refractivity (Wildman–Crippen MR) is 149 cm³/mol. The Labute approximate surface area is 232 Å². The SMILES string of the molecule is O=C1N(Cc2nc[nH]c(=O)c2O)CC(c2ccc(C#Cc3ccc(CN4CCOCC4)cc3)cc2)N1C1CNC1. The van der Waals surface area contributed by atoms with Crippen LogP contribution < -0.4 is 10.9 Å². The average Bonchev–Trinajstić information content (AvgIpc) is 3.26. The molecule has 40 heavy (non-hydrogen) atoms. The first kappa shape index (κ1) is 26.1. The zero-order chi connectivity index (χ0) is 27.5. The molecule has 2 amide bonds. The minimum Gasteiger partial charge on any atom is -0.502 e. The maximum absolute atomic E-state index is 13.4. The summed E-state index contributed by atoms with van der Waals surface area (Å²) in [5, 5.41) is 13.4. The molecule has 10 nitrogen and oxygen atoms in total. The van der Waals surface area contributed by atoms with Crippen LogP contribution in [0.3, 0.4) is 0 Å². The highest BCUT2D eigenvalue weighted by molar-refractivity contribution is 5.78. The van der Waals surface area contributed by atoms with E-state index in [0.717, 1.165) is 62.6 Å². The molecule has 2 aromatic carbocycles. The van der Waals surface area contributed by atoms with Crippen molar-refractivity contribution in [1.29, 1.82) is 0 Å². The summed E-state index contributed by atoms with van der Waals surface area (Å²) in [6, 6.07) is 16.2. The number of aromatic hydroxyl groups is 1. The first-order valence-electron chi connectivity index (χ1n) is 13.6. The molecule has 1 unspecified atom stereocenters. The van der Waals surface area contributed by atoms with E-state index >= 15 is 0 Å². The van der Waals surface area contributed by atoms with Crippen LogP contribution in [0.25, 0.3) is 0 Å². The summed E-state index contributed by atoms with van der Waals surface area (Å²) in [6.45, 7) is 6.43. The fourth-order valence-corrected chi connectivity index (χ4v) is 5.32. The van der Waals surface area contributed by atoms with E-state index in [9.17, 15) is 14.7 Å². The van der Waals surface area contributed by atoms with Crippen LogP contribution in [0, 0.1) is 11.8 Å². The van der Waals surface area contributed by atoms with Crippen molar-refractivity contribution in [3.8, 4) is 17.6 Å². The molecule has 3 aromatic rings. The normalized spacial score (nSPS) is 19.8. The van der Waals surface area contributed by atoms with E-state index in [1.807, 2.05) is 29.2 Å². The number of benzene rings is 2. The topological polar surface area (TPSA) is 114 Å². The summed E-state index contributed by atoms with van der Waals surface area (Å²) < 4.78 is 5.43. The number of amides is 2. The van der Waals surface area contributed by atoms with Crippen molar-refractivity contribution in [2.45, 2.75) is 25.2 Å². The molecule has 206 valence electrons. The van der Waals surface area contributed by atoms with Crippen molar-refractivity contribution >= 4 is 6.03 Å². The van der Waals surface area contributed by atoms with Gasteiger partial charge in [0.05, 0.1) is 38.2 Å². The minimum absolute atomic E-state index is 0.0660. The van der Waals surface area contributed by atoms with E-state index in [1.165, 1.54) is 11.9 Å². The first-order chi connectivity index (χ1) is 19.5. The number of hydrogen-bond donors (Lipinski definition) is 3. The highest BCUT2D eigenvalue weighted by atomic mass is 16.5. The number of aromatic nitrogens is 2. The molecular formula is C30H32N6O4. The fourth-order valence-electron chi connectivity index (χ4n) is 5.32. The zero-order valence-corrected chi connectivity index (χ0v) is 22.2. The quantitative estimate of drug-likeness (QED) is 0.408. The Kier molecular flexibility index (Phi) is 7.51. The summed E-state index contributed by atoms with van der Waals surface area (Å²) >= 11 is 0. The highest BCUT2D eigenvalue weighted by Crippen LogP contribution is 2.34. The van der Waals surface area contributed by atoms with Crippen molar-refractivity contribution < 1.29 is 14.6 Å². The molecule has 10 heteroatoms. The lowest BCUT2D eigenvalue weighted by molar-refractivity contribution is 0.0342. The molecule has 0 spiro atoms. The van der Waals surface area contributed by atoms with Gasteiger partial charge in [0.25, 0.3) is 5.56 Å². The van der Waals surface area contributed by atoms with E-state index in [4.69, 9.17) is 4.74 Å². The van der Waals surface area contributed by atoms with Crippen LogP contribution in [-0.2, 0) is 17.8 Å². The second-order valence-electron chi connectivity index (χ2n) is 10.4. The third-order valence-corrected chi connectivity index (χ3v) is 7.73. The van der Waals surface area contributed by atoms with Gasteiger partial charge in [-0.15, -0.1) is 0 Å². The molecule has 3 aliphatic rings. The van der Waals surface area contributed by atoms with Crippen molar-refractivity contribution in [2.24, 2.45) is 0 Å². The molecular weight excluding hydrogens is 508 g/mol. The third kappa shape index (κ3) is 5.58. The predicted octanol–water partition coefficient (Wildman–Crippen LogP) is 1.66. The van der Waals surface area contributed by atoms with E-state index in [2.05, 4.69) is 56.3 Å². The largest absolute Gasteiger partial charge is 0.502 e. The van der Waals surface area contributed by atoms with E-state index in [1.54, 1.807) is 4.90 Å². The van der Waals surface area contributed by atoms with Gasteiger partial charge in [0.15, 0.2) is 0 Å². The number of ether oxygens (including phenoxy) is 1. The monoisotopic (exact) mass is 540 g/mol. The molecule has 3 fully saturated rings. The van der Waals surface area contributed by atoms with Crippen LogP contribution in [-0.4, -0.2) is 87.8 Å². The summed E-state index contributed by atoms with van der Waals surface area (Å²) in [5.74, 6) is 6.05. The van der Waals surface area contributed by atoms with Crippen LogP contribution in [0.15, 0.2) is 59.7 Å². The number of rotatable bonds is 6. The Hall–Kier alpha value is -4.17. The van der Waals surface area contributed by atoms with Gasteiger partial charge in [0, 0.05) is 50.4 Å². The Morgan fingerprint density at radius 2 is 1.62 bits per heavy atom. The zero-order valence-electron chi connectivity index (χ0n) is 22.2. The van der Waals surface area contributed by atoms with Crippen LogP contribution in [0.5, 0.6) is 5.75 Å². The van der Waals surface area contributed by atoms with Crippen molar-refractivity contribution in [2.75, 3.05) is 45.9 Å². The van der Waals surface area contributed by atoms with Crippen LogP contribution in [0.2, 0.25) is 0 Å². The number of carbonyl (C=O) groups excluding carboxylic acids is 1. The number of morpholine rings is 1. The van der Waals surface area contributed by atoms with Gasteiger partial charge in [-0.25, -0.2) is 9.78 Å². The van der Waals surface area contributed by atoms with Gasteiger partial charge in [-0.05, 0) is 35.4 Å². The molecule has 3 saturated heterocycles. The Balaban J connectivity index is 1.14. The minimum atomic E-state index is -0.617.